The van der Waals surface area contributed by atoms with Gasteiger partial charge >= 0.3 is 0 Å². The first-order valence-electron chi connectivity index (χ1n) is 8.51. The molecule has 4 nitrogen and oxygen atoms in total. The van der Waals surface area contributed by atoms with E-state index in [-0.39, 0.29) is 5.91 Å². The van der Waals surface area contributed by atoms with Crippen molar-refractivity contribution in [1.82, 2.24) is 9.78 Å². The van der Waals surface area contributed by atoms with Gasteiger partial charge in [0, 0.05) is 6.42 Å². The van der Waals surface area contributed by atoms with Crippen molar-refractivity contribution in [3.05, 3.63) is 77.1 Å². The van der Waals surface area contributed by atoms with Gasteiger partial charge < -0.3 is 5.32 Å². The molecule has 0 radical (unpaired) electrons. The molecule has 0 spiro atoms. The lowest BCUT2D eigenvalue weighted by Crippen LogP contribution is -2.13. The Bertz CT molecular complexity index is 864. The van der Waals surface area contributed by atoms with Gasteiger partial charge in [0.1, 0.15) is 0 Å². The lowest BCUT2D eigenvalue weighted by atomic mass is 10.1. The van der Waals surface area contributed by atoms with E-state index in [0.29, 0.717) is 6.42 Å². The standard InChI is InChI=1S/C21H23N3O/c1-15-9-11-18(12-10-15)13-14-20(25)22-21-16(2)23-24(17(21)3)19-7-5-4-6-8-19/h4-12H,13-14H2,1-3H3,(H,22,25). The van der Waals surface area contributed by atoms with Crippen LogP contribution in [0.3, 0.4) is 0 Å². The number of amides is 1. The summed E-state index contributed by atoms with van der Waals surface area (Å²) in [6, 6.07) is 18.2. The zero-order valence-corrected chi connectivity index (χ0v) is 14.9. The molecule has 1 N–H and O–H groups in total. The second kappa shape index (κ2) is 7.34. The van der Waals surface area contributed by atoms with Gasteiger partial charge in [-0.2, -0.15) is 5.10 Å². The van der Waals surface area contributed by atoms with E-state index in [1.54, 1.807) is 0 Å². The molecule has 1 aromatic heterocycles. The molecule has 0 aliphatic rings. The minimum Gasteiger partial charge on any atom is -0.323 e. The minimum atomic E-state index is 0.0133. The topological polar surface area (TPSA) is 46.9 Å². The number of rotatable bonds is 5. The monoisotopic (exact) mass is 333 g/mol. The number of nitrogens with one attached hydrogen (secondary N) is 1. The fourth-order valence-electron chi connectivity index (χ4n) is 2.86. The molecule has 0 atom stereocenters. The van der Waals surface area contributed by atoms with Gasteiger partial charge in [0.05, 0.1) is 22.8 Å². The van der Waals surface area contributed by atoms with Gasteiger partial charge in [0.2, 0.25) is 5.91 Å². The van der Waals surface area contributed by atoms with Crippen molar-refractivity contribution in [3.63, 3.8) is 0 Å². The van der Waals surface area contributed by atoms with Gasteiger partial charge in [0.15, 0.2) is 0 Å². The first kappa shape index (κ1) is 17.0. The van der Waals surface area contributed by atoms with Crippen LogP contribution in [0.1, 0.15) is 28.9 Å². The fourth-order valence-corrected chi connectivity index (χ4v) is 2.86. The molecule has 2 aromatic carbocycles. The summed E-state index contributed by atoms with van der Waals surface area (Å²) in [4.78, 5) is 12.4. The maximum atomic E-state index is 12.4. The van der Waals surface area contributed by atoms with Crippen molar-refractivity contribution in [2.24, 2.45) is 0 Å². The smallest absolute Gasteiger partial charge is 0.224 e. The van der Waals surface area contributed by atoms with Gasteiger partial charge in [-0.1, -0.05) is 48.0 Å². The lowest BCUT2D eigenvalue weighted by Gasteiger charge is -2.07. The van der Waals surface area contributed by atoms with Crippen molar-refractivity contribution in [2.45, 2.75) is 33.6 Å². The molecule has 1 amide bonds. The third-order valence-electron chi connectivity index (χ3n) is 4.32. The maximum absolute atomic E-state index is 12.4. The molecule has 128 valence electrons. The Balaban J connectivity index is 1.69. The maximum Gasteiger partial charge on any atom is 0.224 e. The molecule has 0 unspecified atom stereocenters. The van der Waals surface area contributed by atoms with Crippen molar-refractivity contribution in [3.8, 4) is 5.69 Å². The highest BCUT2D eigenvalue weighted by Gasteiger charge is 2.15. The summed E-state index contributed by atoms with van der Waals surface area (Å²) >= 11 is 0. The largest absolute Gasteiger partial charge is 0.323 e. The second-order valence-electron chi connectivity index (χ2n) is 6.33. The first-order valence-corrected chi connectivity index (χ1v) is 8.51. The summed E-state index contributed by atoms with van der Waals surface area (Å²) in [5.74, 6) is 0.0133. The van der Waals surface area contributed by atoms with Crippen LogP contribution in [-0.2, 0) is 11.2 Å². The molecule has 0 saturated carbocycles. The third-order valence-corrected chi connectivity index (χ3v) is 4.32. The Morgan fingerprint density at radius 2 is 1.68 bits per heavy atom. The summed E-state index contributed by atoms with van der Waals surface area (Å²) in [6.07, 6.45) is 1.19. The molecule has 3 aromatic rings. The van der Waals surface area contributed by atoms with Crippen molar-refractivity contribution < 1.29 is 4.79 Å². The summed E-state index contributed by atoms with van der Waals surface area (Å²) in [6.45, 7) is 5.96. The number of nitrogens with zero attached hydrogens (tertiary/aromatic N) is 2. The zero-order valence-electron chi connectivity index (χ0n) is 14.9. The van der Waals surface area contributed by atoms with Crippen molar-refractivity contribution >= 4 is 11.6 Å². The number of anilines is 1. The summed E-state index contributed by atoms with van der Waals surface area (Å²) in [7, 11) is 0. The lowest BCUT2D eigenvalue weighted by molar-refractivity contribution is -0.116. The van der Waals surface area contributed by atoms with Crippen LogP contribution in [0, 0.1) is 20.8 Å². The molecular weight excluding hydrogens is 310 g/mol. The van der Waals surface area contributed by atoms with Crippen LogP contribution in [0.5, 0.6) is 0 Å². The molecule has 4 heteroatoms. The number of para-hydroxylation sites is 1. The van der Waals surface area contributed by atoms with Crippen molar-refractivity contribution in [1.29, 1.82) is 0 Å². The van der Waals surface area contributed by atoms with Gasteiger partial charge in [0.25, 0.3) is 0 Å². The molecular formula is C21H23N3O. The molecule has 0 aliphatic carbocycles. The van der Waals surface area contributed by atoms with Gasteiger partial charge in [-0.3, -0.25) is 4.79 Å². The van der Waals surface area contributed by atoms with Crippen LogP contribution in [0.15, 0.2) is 54.6 Å². The number of hydrogen-bond donors (Lipinski definition) is 1. The van der Waals surface area contributed by atoms with Crippen LogP contribution in [0.25, 0.3) is 5.69 Å². The number of aryl methyl sites for hydroxylation is 3. The quantitative estimate of drug-likeness (QED) is 0.754. The number of aromatic nitrogens is 2. The average molecular weight is 333 g/mol. The predicted octanol–water partition coefficient (Wildman–Crippen LogP) is 4.37. The van der Waals surface area contributed by atoms with E-state index in [2.05, 4.69) is 41.6 Å². The van der Waals surface area contributed by atoms with Gasteiger partial charge in [-0.25, -0.2) is 4.68 Å². The van der Waals surface area contributed by atoms with E-state index >= 15 is 0 Å². The van der Waals surface area contributed by atoms with Crippen LogP contribution in [0.2, 0.25) is 0 Å². The van der Waals surface area contributed by atoms with E-state index in [4.69, 9.17) is 0 Å². The second-order valence-corrected chi connectivity index (χ2v) is 6.33. The molecule has 3 rings (SSSR count). The highest BCUT2D eigenvalue weighted by molar-refractivity contribution is 5.92. The number of hydrogen-bond acceptors (Lipinski definition) is 2. The van der Waals surface area contributed by atoms with E-state index in [9.17, 15) is 4.79 Å². The van der Waals surface area contributed by atoms with E-state index in [0.717, 1.165) is 29.2 Å². The molecule has 0 fully saturated rings. The van der Waals surface area contributed by atoms with Gasteiger partial charge in [-0.15, -0.1) is 0 Å². The predicted molar refractivity (Wildman–Crippen MR) is 101 cm³/mol. The fraction of sp³-hybridized carbons (Fsp3) is 0.238. The molecule has 1 heterocycles. The SMILES string of the molecule is Cc1ccc(CCC(=O)Nc2c(C)nn(-c3ccccc3)c2C)cc1. The number of carbonyl (C=O) groups excluding carboxylic acids is 1. The Kier molecular flexibility index (Phi) is 4.98. The van der Waals surface area contributed by atoms with E-state index in [1.165, 1.54) is 11.1 Å². The first-order chi connectivity index (χ1) is 12.0. The van der Waals surface area contributed by atoms with Crippen LogP contribution >= 0.6 is 0 Å². The van der Waals surface area contributed by atoms with Crippen LogP contribution in [-0.4, -0.2) is 15.7 Å². The third kappa shape index (κ3) is 3.97. The van der Waals surface area contributed by atoms with E-state index in [1.807, 2.05) is 48.9 Å². The molecule has 0 bridgehead atoms. The summed E-state index contributed by atoms with van der Waals surface area (Å²) in [5, 5.41) is 7.59. The molecule has 0 aliphatic heterocycles. The molecule has 0 saturated heterocycles. The Morgan fingerprint density at radius 3 is 2.36 bits per heavy atom. The number of benzene rings is 2. The van der Waals surface area contributed by atoms with E-state index < -0.39 is 0 Å². The van der Waals surface area contributed by atoms with Gasteiger partial charge in [-0.05, 0) is 44.9 Å². The Morgan fingerprint density at radius 1 is 1.00 bits per heavy atom. The van der Waals surface area contributed by atoms with Crippen molar-refractivity contribution in [2.75, 3.05) is 5.32 Å². The minimum absolute atomic E-state index is 0.0133. The van der Waals surface area contributed by atoms with Crippen LogP contribution < -0.4 is 5.32 Å². The average Bonchev–Trinajstić information content (AvgIpc) is 2.90. The van der Waals surface area contributed by atoms with Crippen LogP contribution in [0.4, 0.5) is 5.69 Å². The highest BCUT2D eigenvalue weighted by atomic mass is 16.1. The Labute approximate surface area is 148 Å². The molecule has 25 heavy (non-hydrogen) atoms. The number of carbonyl (C=O) groups is 1. The summed E-state index contributed by atoms with van der Waals surface area (Å²) in [5.41, 5.74) is 5.96. The summed E-state index contributed by atoms with van der Waals surface area (Å²) < 4.78 is 1.87. The normalized spacial score (nSPS) is 10.7. The highest BCUT2D eigenvalue weighted by Crippen LogP contribution is 2.23. The Hall–Kier alpha value is -2.88. The zero-order chi connectivity index (χ0) is 17.8.